The number of benzene rings is 2. The third-order valence-corrected chi connectivity index (χ3v) is 3.57. The molecule has 4 heteroatoms. The van der Waals surface area contributed by atoms with Crippen molar-refractivity contribution in [3.8, 4) is 0 Å². The quantitative estimate of drug-likeness (QED) is 0.707. The monoisotopic (exact) mass is 256 g/mol. The smallest absolute Gasteiger partial charge is 0.261 e. The minimum Gasteiger partial charge on any atom is -0.431 e. The van der Waals surface area contributed by atoms with E-state index in [1.807, 2.05) is 49.4 Å². The molecule has 0 spiro atoms. The predicted octanol–water partition coefficient (Wildman–Crippen LogP) is 3.87. The number of aryl methyl sites for hydroxylation is 1. The molecule has 2 N–H and O–H groups in total. The van der Waals surface area contributed by atoms with E-state index in [1.165, 1.54) is 11.8 Å². The number of hydrogen-bond acceptors (Lipinski definition) is 4. The zero-order valence-corrected chi connectivity index (χ0v) is 10.7. The Morgan fingerprint density at radius 2 is 2.00 bits per heavy atom. The Morgan fingerprint density at radius 3 is 2.78 bits per heavy atom. The van der Waals surface area contributed by atoms with Crippen LogP contribution in [0.1, 0.15) is 5.56 Å². The van der Waals surface area contributed by atoms with Gasteiger partial charge in [0.15, 0.2) is 5.58 Å². The van der Waals surface area contributed by atoms with Gasteiger partial charge in [0.05, 0.1) is 0 Å². The number of nitrogens with zero attached hydrogens (tertiary/aromatic N) is 1. The van der Waals surface area contributed by atoms with Gasteiger partial charge in [-0.2, -0.15) is 0 Å². The van der Waals surface area contributed by atoms with Crippen LogP contribution in [-0.2, 0) is 0 Å². The largest absolute Gasteiger partial charge is 0.431 e. The number of anilines is 1. The van der Waals surface area contributed by atoms with Gasteiger partial charge in [-0.05, 0) is 48.5 Å². The molecule has 0 radical (unpaired) electrons. The molecular weight excluding hydrogens is 244 g/mol. The summed E-state index contributed by atoms with van der Waals surface area (Å²) in [5.41, 5.74) is 9.43. The third-order valence-electron chi connectivity index (χ3n) is 2.73. The number of hydrogen-bond donors (Lipinski definition) is 1. The first-order valence-electron chi connectivity index (χ1n) is 5.62. The van der Waals surface area contributed by atoms with Gasteiger partial charge in [-0.3, -0.25) is 0 Å². The summed E-state index contributed by atoms with van der Waals surface area (Å²) in [6.07, 6.45) is 0. The second kappa shape index (κ2) is 4.38. The molecule has 0 saturated carbocycles. The highest BCUT2D eigenvalue weighted by Crippen LogP contribution is 2.31. The average Bonchev–Trinajstić information content (AvgIpc) is 2.76. The fourth-order valence-electron chi connectivity index (χ4n) is 1.68. The summed E-state index contributed by atoms with van der Waals surface area (Å²) in [6.45, 7) is 1.99. The molecule has 0 aliphatic heterocycles. The lowest BCUT2D eigenvalue weighted by Gasteiger charge is -2.01. The molecule has 2 aromatic carbocycles. The number of aromatic nitrogens is 1. The van der Waals surface area contributed by atoms with Crippen LogP contribution in [0.2, 0.25) is 0 Å². The van der Waals surface area contributed by atoms with Crippen molar-refractivity contribution >= 4 is 28.5 Å². The van der Waals surface area contributed by atoms with E-state index in [-0.39, 0.29) is 0 Å². The Balaban J connectivity index is 1.93. The van der Waals surface area contributed by atoms with E-state index in [0.29, 0.717) is 5.22 Å². The molecule has 0 atom stereocenters. The number of nitrogen functional groups attached to an aromatic ring is 1. The Labute approximate surface area is 109 Å². The van der Waals surface area contributed by atoms with Crippen LogP contribution < -0.4 is 5.73 Å². The highest BCUT2D eigenvalue weighted by atomic mass is 32.2. The lowest BCUT2D eigenvalue weighted by atomic mass is 10.2. The zero-order chi connectivity index (χ0) is 12.5. The van der Waals surface area contributed by atoms with E-state index in [1.54, 1.807) is 0 Å². The lowest BCUT2D eigenvalue weighted by Crippen LogP contribution is -1.88. The number of oxazole rings is 1. The maximum Gasteiger partial charge on any atom is 0.261 e. The average molecular weight is 256 g/mol. The predicted molar refractivity (Wildman–Crippen MR) is 73.7 cm³/mol. The van der Waals surface area contributed by atoms with Crippen LogP contribution in [0.4, 0.5) is 5.69 Å². The minimum atomic E-state index is 0.638. The molecule has 0 amide bonds. The highest BCUT2D eigenvalue weighted by molar-refractivity contribution is 7.99. The van der Waals surface area contributed by atoms with E-state index in [2.05, 4.69) is 4.98 Å². The SMILES string of the molecule is Cc1ccc(Sc2nc3ccccc3o2)cc1N. The van der Waals surface area contributed by atoms with Gasteiger partial charge in [0, 0.05) is 10.6 Å². The topological polar surface area (TPSA) is 52.0 Å². The normalized spacial score (nSPS) is 10.9. The van der Waals surface area contributed by atoms with Crippen molar-refractivity contribution in [1.29, 1.82) is 0 Å². The molecule has 0 aliphatic carbocycles. The summed E-state index contributed by atoms with van der Waals surface area (Å²) >= 11 is 1.48. The van der Waals surface area contributed by atoms with Crippen molar-refractivity contribution in [2.75, 3.05) is 5.73 Å². The van der Waals surface area contributed by atoms with Crippen LogP contribution in [-0.4, -0.2) is 4.98 Å². The Kier molecular flexibility index (Phi) is 2.72. The summed E-state index contributed by atoms with van der Waals surface area (Å²) in [6, 6.07) is 13.7. The van der Waals surface area contributed by atoms with E-state index in [9.17, 15) is 0 Å². The van der Waals surface area contributed by atoms with Gasteiger partial charge in [0.2, 0.25) is 0 Å². The van der Waals surface area contributed by atoms with Crippen LogP contribution in [0.5, 0.6) is 0 Å². The van der Waals surface area contributed by atoms with Crippen molar-refractivity contribution < 1.29 is 4.42 Å². The first kappa shape index (κ1) is 11.2. The fraction of sp³-hybridized carbons (Fsp3) is 0.0714. The number of nitrogens with two attached hydrogens (primary N) is 1. The van der Waals surface area contributed by atoms with Gasteiger partial charge in [0.25, 0.3) is 5.22 Å². The van der Waals surface area contributed by atoms with Crippen molar-refractivity contribution in [1.82, 2.24) is 4.98 Å². The first-order chi connectivity index (χ1) is 8.72. The molecule has 0 saturated heterocycles. The van der Waals surface area contributed by atoms with Crippen molar-refractivity contribution in [3.63, 3.8) is 0 Å². The number of fused-ring (bicyclic) bond motifs is 1. The molecule has 0 fully saturated rings. The molecule has 90 valence electrons. The molecule has 1 aromatic heterocycles. The Morgan fingerprint density at radius 1 is 1.17 bits per heavy atom. The maximum absolute atomic E-state index is 5.89. The fourth-order valence-corrected chi connectivity index (χ4v) is 2.48. The molecule has 3 aromatic rings. The van der Waals surface area contributed by atoms with Gasteiger partial charge >= 0.3 is 0 Å². The van der Waals surface area contributed by atoms with Crippen molar-refractivity contribution in [2.24, 2.45) is 0 Å². The lowest BCUT2D eigenvalue weighted by molar-refractivity contribution is 0.489. The second-order valence-corrected chi connectivity index (χ2v) is 5.09. The van der Waals surface area contributed by atoms with Gasteiger partial charge in [0.1, 0.15) is 5.52 Å². The van der Waals surface area contributed by atoms with Crippen LogP contribution in [0.25, 0.3) is 11.1 Å². The molecule has 18 heavy (non-hydrogen) atoms. The zero-order valence-electron chi connectivity index (χ0n) is 9.88. The number of rotatable bonds is 2. The molecule has 1 heterocycles. The minimum absolute atomic E-state index is 0.638. The summed E-state index contributed by atoms with van der Waals surface area (Å²) in [4.78, 5) is 5.45. The van der Waals surface area contributed by atoms with E-state index in [0.717, 1.165) is 27.2 Å². The van der Waals surface area contributed by atoms with Crippen molar-refractivity contribution in [2.45, 2.75) is 17.0 Å². The molecule has 0 aliphatic rings. The van der Waals surface area contributed by atoms with Gasteiger partial charge in [-0.15, -0.1) is 0 Å². The molecule has 3 rings (SSSR count). The Bertz CT molecular complexity index is 673. The van der Waals surface area contributed by atoms with Crippen LogP contribution >= 0.6 is 11.8 Å². The van der Waals surface area contributed by atoms with Crippen LogP contribution in [0.15, 0.2) is 57.0 Å². The summed E-state index contributed by atoms with van der Waals surface area (Å²) < 4.78 is 5.65. The molecule has 0 unspecified atom stereocenters. The summed E-state index contributed by atoms with van der Waals surface area (Å²) in [5, 5.41) is 0.638. The molecule has 3 nitrogen and oxygen atoms in total. The summed E-state index contributed by atoms with van der Waals surface area (Å²) in [7, 11) is 0. The molecule has 0 bridgehead atoms. The van der Waals surface area contributed by atoms with Gasteiger partial charge in [-0.1, -0.05) is 18.2 Å². The standard InChI is InChI=1S/C14H12N2OS/c1-9-6-7-10(8-11(9)15)18-14-16-12-4-2-3-5-13(12)17-14/h2-8H,15H2,1H3. The van der Waals surface area contributed by atoms with E-state index >= 15 is 0 Å². The van der Waals surface area contributed by atoms with Gasteiger partial charge < -0.3 is 10.2 Å². The second-order valence-electron chi connectivity index (χ2n) is 4.07. The van der Waals surface area contributed by atoms with Crippen LogP contribution in [0, 0.1) is 6.92 Å². The third kappa shape index (κ3) is 2.07. The number of para-hydroxylation sites is 2. The van der Waals surface area contributed by atoms with E-state index in [4.69, 9.17) is 10.2 Å². The summed E-state index contributed by atoms with van der Waals surface area (Å²) in [5.74, 6) is 0. The highest BCUT2D eigenvalue weighted by Gasteiger charge is 2.07. The van der Waals surface area contributed by atoms with E-state index < -0.39 is 0 Å². The van der Waals surface area contributed by atoms with Crippen LogP contribution in [0.3, 0.4) is 0 Å². The first-order valence-corrected chi connectivity index (χ1v) is 6.43. The Hall–Kier alpha value is -1.94. The van der Waals surface area contributed by atoms with Gasteiger partial charge in [-0.25, -0.2) is 4.98 Å². The maximum atomic E-state index is 5.89. The van der Waals surface area contributed by atoms with Crippen molar-refractivity contribution in [3.05, 3.63) is 48.0 Å². The molecular formula is C14H12N2OS.